The molecule has 4 rings (SSSR count). The molecule has 4 aliphatic rings. The van der Waals surface area contributed by atoms with E-state index in [4.69, 9.17) is 0 Å². The Labute approximate surface area is 204 Å². The number of amides is 1. The van der Waals surface area contributed by atoms with E-state index in [2.05, 4.69) is 19.0 Å². The zero-order valence-corrected chi connectivity index (χ0v) is 21.2. The van der Waals surface area contributed by atoms with Crippen molar-refractivity contribution in [3.05, 3.63) is 4.91 Å². The van der Waals surface area contributed by atoms with E-state index < -0.39 is 12.1 Å². The molecule has 4 saturated carbocycles. The molecule has 192 valence electrons. The Hall–Kier alpha value is -1.12. The molecule has 2 unspecified atom stereocenters. The van der Waals surface area contributed by atoms with Gasteiger partial charge in [-0.15, -0.1) is 0 Å². The minimum absolute atomic E-state index is 0.0604. The first kappa shape index (κ1) is 26.0. The summed E-state index contributed by atoms with van der Waals surface area (Å²) in [5.74, 6) is 0.846. The molecule has 0 heterocycles. The van der Waals surface area contributed by atoms with Crippen molar-refractivity contribution in [2.75, 3.05) is 19.3 Å². The van der Waals surface area contributed by atoms with Gasteiger partial charge in [-0.05, 0) is 86.2 Å². The molecular formula is C25H37F3N2O3S. The quantitative estimate of drug-likeness (QED) is 0.337. The molecule has 0 saturated heterocycles. The van der Waals surface area contributed by atoms with Gasteiger partial charge in [-0.1, -0.05) is 19.0 Å². The van der Waals surface area contributed by atoms with E-state index in [1.807, 2.05) is 0 Å². The summed E-state index contributed by atoms with van der Waals surface area (Å²) in [6, 6.07) is -0.219. The number of rotatable bonds is 6. The minimum atomic E-state index is -4.83. The molecule has 34 heavy (non-hydrogen) atoms. The molecule has 1 amide bonds. The molecule has 8 atom stereocenters. The maximum atomic E-state index is 12.6. The smallest absolute Gasteiger partial charge is 0.338 e. The zero-order chi connectivity index (χ0) is 24.9. The van der Waals surface area contributed by atoms with Crippen LogP contribution in [0.3, 0.4) is 0 Å². The van der Waals surface area contributed by atoms with Crippen molar-refractivity contribution in [2.24, 2.45) is 39.7 Å². The number of Topliss-reactive ketones (excluding diaryl/α,β-unsaturated/α-hetero) is 1. The average molecular weight is 503 g/mol. The lowest BCUT2D eigenvalue weighted by molar-refractivity contribution is -0.184. The van der Waals surface area contributed by atoms with E-state index in [1.165, 1.54) is 7.05 Å². The van der Waals surface area contributed by atoms with Gasteiger partial charge in [-0.3, -0.25) is 9.59 Å². The van der Waals surface area contributed by atoms with Crippen LogP contribution in [0.2, 0.25) is 0 Å². The third-order valence-electron chi connectivity index (χ3n) is 10.1. The third-order valence-corrected chi connectivity index (χ3v) is 11.5. The summed E-state index contributed by atoms with van der Waals surface area (Å²) in [6.45, 7) is 4.58. The summed E-state index contributed by atoms with van der Waals surface area (Å²) in [7, 11) is 1.19. The number of nitrogens with zero attached hydrogens (tertiary/aromatic N) is 2. The molecule has 4 fully saturated rings. The Kier molecular flexibility index (Phi) is 7.17. The molecule has 0 spiro atoms. The van der Waals surface area contributed by atoms with Crippen LogP contribution in [0.25, 0.3) is 0 Å². The normalized spacial score (nSPS) is 41.9. The fourth-order valence-electron chi connectivity index (χ4n) is 8.17. The molecule has 0 radical (unpaired) electrons. The van der Waals surface area contributed by atoms with Crippen molar-refractivity contribution in [2.45, 2.75) is 89.1 Å². The van der Waals surface area contributed by atoms with Crippen LogP contribution in [0.4, 0.5) is 13.2 Å². The summed E-state index contributed by atoms with van der Waals surface area (Å²) in [4.78, 5) is 36.7. The van der Waals surface area contributed by atoms with Crippen LogP contribution < -0.4 is 0 Å². The maximum Gasteiger partial charge on any atom is 0.471 e. The molecule has 0 aliphatic heterocycles. The molecule has 0 aromatic rings. The zero-order valence-electron chi connectivity index (χ0n) is 20.4. The molecule has 4 aliphatic carbocycles. The van der Waals surface area contributed by atoms with Crippen molar-refractivity contribution in [3.8, 4) is 0 Å². The second-order valence-electron chi connectivity index (χ2n) is 11.7. The van der Waals surface area contributed by atoms with Gasteiger partial charge in [0, 0.05) is 30.7 Å². The second-order valence-corrected chi connectivity index (χ2v) is 13.1. The van der Waals surface area contributed by atoms with Crippen LogP contribution in [0, 0.1) is 39.4 Å². The third kappa shape index (κ3) is 4.43. The highest BCUT2D eigenvalue weighted by Gasteiger charge is 2.62. The van der Waals surface area contributed by atoms with Crippen molar-refractivity contribution in [1.29, 1.82) is 0 Å². The first-order valence-electron chi connectivity index (χ1n) is 12.7. The van der Waals surface area contributed by atoms with E-state index in [1.54, 1.807) is 11.8 Å². The number of nitroso groups, excluding NO2 is 1. The second kappa shape index (κ2) is 9.40. The highest BCUT2D eigenvalue weighted by Crippen LogP contribution is 2.66. The van der Waals surface area contributed by atoms with Gasteiger partial charge in [0.1, 0.15) is 5.78 Å². The summed E-state index contributed by atoms with van der Waals surface area (Å²) in [5, 5.41) is 3.99. The van der Waals surface area contributed by atoms with Gasteiger partial charge in [0.05, 0.1) is 6.04 Å². The standard InChI is InChI=1S/C25H37F3N2O3S/c1-23-9-7-15(34-12-4-11-30(3)22(32)25(26,27)28)13-19(23)20(29-33)14-16-17-5-6-21(31)24(17,2)10-8-18(16)23/h15-20H,4-14H2,1-3H3/t15-,16+,17+,18+,19?,20?,23-,24+/m1/s1. The minimum Gasteiger partial charge on any atom is -0.338 e. The number of carbonyl (C=O) groups is 2. The fourth-order valence-corrected chi connectivity index (χ4v) is 9.43. The van der Waals surface area contributed by atoms with E-state index in [9.17, 15) is 27.7 Å². The number of thioether (sulfide) groups is 1. The maximum absolute atomic E-state index is 12.6. The lowest BCUT2D eigenvalue weighted by Gasteiger charge is -2.61. The van der Waals surface area contributed by atoms with Crippen molar-refractivity contribution in [3.63, 3.8) is 0 Å². The van der Waals surface area contributed by atoms with Gasteiger partial charge < -0.3 is 4.90 Å². The SMILES string of the molecule is CN(CCCS[C@@H]1CC[C@@]2(C)C(C1)C(N=O)C[C@@H]1[C@@H]2CC[C@]2(C)C(=O)CC[C@@H]12)C(=O)C(F)(F)F. The van der Waals surface area contributed by atoms with E-state index in [-0.39, 0.29) is 29.3 Å². The van der Waals surface area contributed by atoms with Crippen molar-refractivity contribution >= 4 is 23.5 Å². The summed E-state index contributed by atoms with van der Waals surface area (Å²) in [5.41, 5.74) is -0.156. The largest absolute Gasteiger partial charge is 0.471 e. The molecular weight excluding hydrogens is 465 g/mol. The van der Waals surface area contributed by atoms with Gasteiger partial charge in [0.15, 0.2) is 0 Å². The van der Waals surface area contributed by atoms with Crippen LogP contribution in [-0.2, 0) is 9.59 Å². The highest BCUT2D eigenvalue weighted by molar-refractivity contribution is 7.99. The molecule has 5 nitrogen and oxygen atoms in total. The number of halogens is 3. The van der Waals surface area contributed by atoms with Crippen molar-refractivity contribution < 1.29 is 22.8 Å². The predicted molar refractivity (Wildman–Crippen MR) is 126 cm³/mol. The van der Waals surface area contributed by atoms with Crippen molar-refractivity contribution in [1.82, 2.24) is 4.90 Å². The van der Waals surface area contributed by atoms with Crippen LogP contribution in [-0.4, -0.2) is 53.4 Å². The van der Waals surface area contributed by atoms with Gasteiger partial charge in [0.2, 0.25) is 0 Å². The van der Waals surface area contributed by atoms with Gasteiger partial charge in [-0.25, -0.2) is 0 Å². The Morgan fingerprint density at radius 3 is 2.53 bits per heavy atom. The Morgan fingerprint density at radius 1 is 1.12 bits per heavy atom. The molecule has 9 heteroatoms. The Morgan fingerprint density at radius 2 is 1.85 bits per heavy atom. The highest BCUT2D eigenvalue weighted by atomic mass is 32.2. The fraction of sp³-hybridized carbons (Fsp3) is 0.920. The number of hydrogen-bond donors (Lipinski definition) is 0. The van der Waals surface area contributed by atoms with Gasteiger partial charge in [-0.2, -0.15) is 29.8 Å². The number of hydrogen-bond acceptors (Lipinski definition) is 5. The number of alkyl halides is 3. The Bertz CT molecular complexity index is 824. The van der Waals surface area contributed by atoms with Crippen LogP contribution in [0.15, 0.2) is 5.18 Å². The molecule has 0 N–H and O–H groups in total. The monoisotopic (exact) mass is 502 g/mol. The molecule has 0 bridgehead atoms. The Balaban J connectivity index is 1.36. The van der Waals surface area contributed by atoms with Crippen LogP contribution >= 0.6 is 11.8 Å². The topological polar surface area (TPSA) is 66.8 Å². The summed E-state index contributed by atoms with van der Waals surface area (Å²) < 4.78 is 37.6. The van der Waals surface area contributed by atoms with E-state index in [0.717, 1.165) is 49.8 Å². The molecule has 0 aromatic heterocycles. The van der Waals surface area contributed by atoms with Gasteiger partial charge in [0.25, 0.3) is 0 Å². The predicted octanol–water partition coefficient (Wildman–Crippen LogP) is 5.86. The number of carbonyl (C=O) groups excluding carboxylic acids is 2. The van der Waals surface area contributed by atoms with Gasteiger partial charge >= 0.3 is 12.1 Å². The van der Waals surface area contributed by atoms with Crippen LogP contribution in [0.5, 0.6) is 0 Å². The van der Waals surface area contributed by atoms with Crippen LogP contribution in [0.1, 0.15) is 71.6 Å². The lowest BCUT2D eigenvalue weighted by atomic mass is 9.44. The van der Waals surface area contributed by atoms with E-state index >= 15 is 0 Å². The average Bonchev–Trinajstić information content (AvgIpc) is 3.09. The molecule has 0 aromatic carbocycles. The number of ketones is 1. The van der Waals surface area contributed by atoms with E-state index in [0.29, 0.717) is 47.4 Å². The number of fused-ring (bicyclic) bond motifs is 5. The summed E-state index contributed by atoms with van der Waals surface area (Å²) >= 11 is 1.76. The summed E-state index contributed by atoms with van der Waals surface area (Å²) in [6.07, 6.45) is 3.10. The first-order valence-corrected chi connectivity index (χ1v) is 13.8. The lowest BCUT2D eigenvalue weighted by Crippen LogP contribution is -2.57. The first-order chi connectivity index (χ1) is 15.9.